The van der Waals surface area contributed by atoms with Crippen LogP contribution < -0.4 is 4.74 Å². The number of carbonyl (C=O) groups is 1. The van der Waals surface area contributed by atoms with Crippen LogP contribution in [0.1, 0.15) is 17.3 Å². The van der Waals surface area contributed by atoms with Gasteiger partial charge in [0.15, 0.2) is 12.6 Å². The molecule has 0 amide bonds. The second-order valence-corrected chi connectivity index (χ2v) is 4.87. The maximum absolute atomic E-state index is 11.6. The summed E-state index contributed by atoms with van der Waals surface area (Å²) >= 11 is 0. The van der Waals surface area contributed by atoms with Crippen LogP contribution in [0, 0.1) is 0 Å². The fourth-order valence-electron chi connectivity index (χ4n) is 2.59. The number of carbonyl (C=O) groups excluding carboxylic acids is 1. The maximum atomic E-state index is 11.6. The van der Waals surface area contributed by atoms with Gasteiger partial charge in [0.1, 0.15) is 5.75 Å². The lowest BCUT2D eigenvalue weighted by Crippen LogP contribution is -2.14. The summed E-state index contributed by atoms with van der Waals surface area (Å²) in [6.07, 6.45) is 0.549. The van der Waals surface area contributed by atoms with Crippen molar-refractivity contribution < 1.29 is 14.3 Å². The lowest BCUT2D eigenvalue weighted by Gasteiger charge is -2.18. The van der Waals surface area contributed by atoms with E-state index in [0.29, 0.717) is 5.56 Å². The molecule has 0 bridgehead atoms. The lowest BCUT2D eigenvalue weighted by atomic mass is 9.96. The van der Waals surface area contributed by atoms with Crippen molar-refractivity contribution in [2.45, 2.75) is 13.2 Å². The molecule has 1 atom stereocenters. The Labute approximate surface area is 123 Å². The van der Waals surface area contributed by atoms with Gasteiger partial charge < -0.3 is 9.47 Å². The molecule has 3 heteroatoms. The average molecular weight is 280 g/mol. The van der Waals surface area contributed by atoms with Crippen molar-refractivity contribution in [2.24, 2.45) is 0 Å². The molecule has 1 unspecified atom stereocenters. The van der Waals surface area contributed by atoms with Gasteiger partial charge in [-0.25, -0.2) is 0 Å². The molecule has 0 heterocycles. The molecule has 0 aliphatic heterocycles. The Bertz CT molecular complexity index is 751. The molecule has 3 rings (SSSR count). The van der Waals surface area contributed by atoms with Gasteiger partial charge in [0.25, 0.3) is 0 Å². The quantitative estimate of drug-likeness (QED) is 0.408. The maximum Gasteiger partial charge on any atom is 0.196 e. The Hall–Kier alpha value is -2.39. The minimum Gasteiger partial charge on any atom is -0.464 e. The van der Waals surface area contributed by atoms with Gasteiger partial charge in [-0.3, -0.25) is 4.79 Å². The highest BCUT2D eigenvalue weighted by Crippen LogP contribution is 2.38. The Morgan fingerprint density at radius 2 is 1.38 bits per heavy atom. The molecule has 0 aliphatic carbocycles. The number of fused-ring (bicyclic) bond motifs is 2. The Morgan fingerprint density at radius 3 is 1.81 bits per heavy atom. The van der Waals surface area contributed by atoms with E-state index >= 15 is 0 Å². The van der Waals surface area contributed by atoms with E-state index in [2.05, 4.69) is 0 Å². The number of rotatable bonds is 4. The minimum absolute atomic E-state index is 0.362. The number of aldehydes is 1. The average Bonchev–Trinajstić information content (AvgIpc) is 2.54. The fourth-order valence-corrected chi connectivity index (χ4v) is 2.59. The first kappa shape index (κ1) is 13.6. The predicted octanol–water partition coefficient (Wildman–Crippen LogP) is 4.18. The van der Waals surface area contributed by atoms with Gasteiger partial charge in [-0.1, -0.05) is 48.5 Å². The van der Waals surface area contributed by atoms with Crippen LogP contribution in [-0.2, 0) is 4.74 Å². The standard InChI is InChI=1S/C18H16O3/c1-12(20-2)21-18-15-9-5-3-7-13(15)17(11-19)14-8-4-6-10-16(14)18/h3-12H,1-2H3. The summed E-state index contributed by atoms with van der Waals surface area (Å²) in [5.74, 6) is 0.751. The van der Waals surface area contributed by atoms with Gasteiger partial charge in [0.05, 0.1) is 0 Å². The molecule has 0 spiro atoms. The third-order valence-corrected chi connectivity index (χ3v) is 3.66. The van der Waals surface area contributed by atoms with Gasteiger partial charge in [-0.2, -0.15) is 0 Å². The zero-order chi connectivity index (χ0) is 14.8. The SMILES string of the molecule is COC(C)Oc1c2ccccc2c(C=O)c2ccccc12. The van der Waals surface area contributed by atoms with Gasteiger partial charge >= 0.3 is 0 Å². The molecule has 3 aromatic carbocycles. The first-order valence-corrected chi connectivity index (χ1v) is 6.84. The first-order valence-electron chi connectivity index (χ1n) is 6.84. The molecule has 0 radical (unpaired) electrons. The topological polar surface area (TPSA) is 35.5 Å². The second-order valence-electron chi connectivity index (χ2n) is 4.87. The highest BCUT2D eigenvalue weighted by Gasteiger charge is 2.15. The van der Waals surface area contributed by atoms with Crippen LogP contribution in [0.5, 0.6) is 5.75 Å². The summed E-state index contributed by atoms with van der Waals surface area (Å²) < 4.78 is 11.2. The Morgan fingerprint density at radius 1 is 0.905 bits per heavy atom. The number of methoxy groups -OCH3 is 1. The number of hydrogen-bond acceptors (Lipinski definition) is 3. The van der Waals surface area contributed by atoms with E-state index in [0.717, 1.165) is 33.6 Å². The second kappa shape index (κ2) is 5.54. The lowest BCUT2D eigenvalue weighted by molar-refractivity contribution is -0.0364. The van der Waals surface area contributed by atoms with Crippen LogP contribution >= 0.6 is 0 Å². The molecule has 0 aliphatic rings. The van der Waals surface area contributed by atoms with E-state index in [1.54, 1.807) is 7.11 Å². The summed E-state index contributed by atoms with van der Waals surface area (Å²) in [5.41, 5.74) is 0.693. The van der Waals surface area contributed by atoms with E-state index in [4.69, 9.17) is 9.47 Å². The molecule has 0 N–H and O–H groups in total. The molecular weight excluding hydrogens is 264 g/mol. The smallest absolute Gasteiger partial charge is 0.196 e. The van der Waals surface area contributed by atoms with Gasteiger partial charge in [0.2, 0.25) is 0 Å². The van der Waals surface area contributed by atoms with Gasteiger partial charge in [-0.05, 0) is 17.7 Å². The zero-order valence-corrected chi connectivity index (χ0v) is 12.0. The Balaban J connectivity index is 2.44. The van der Waals surface area contributed by atoms with Crippen LogP contribution in [0.3, 0.4) is 0 Å². The van der Waals surface area contributed by atoms with E-state index in [-0.39, 0.29) is 6.29 Å². The highest BCUT2D eigenvalue weighted by molar-refractivity contribution is 6.16. The number of ether oxygens (including phenoxy) is 2. The molecule has 106 valence electrons. The van der Waals surface area contributed by atoms with E-state index in [1.807, 2.05) is 55.5 Å². The summed E-state index contributed by atoms with van der Waals surface area (Å²) in [5, 5.41) is 3.62. The van der Waals surface area contributed by atoms with E-state index in [1.165, 1.54) is 0 Å². The molecule has 0 saturated heterocycles. The van der Waals surface area contributed by atoms with Crippen molar-refractivity contribution in [2.75, 3.05) is 7.11 Å². The largest absolute Gasteiger partial charge is 0.464 e. The van der Waals surface area contributed by atoms with Crippen LogP contribution in [0.4, 0.5) is 0 Å². The summed E-state index contributed by atoms with van der Waals surface area (Å²) in [7, 11) is 1.61. The van der Waals surface area contributed by atoms with Crippen molar-refractivity contribution in [3.8, 4) is 5.75 Å². The number of hydrogen-bond donors (Lipinski definition) is 0. The van der Waals surface area contributed by atoms with Gasteiger partial charge in [-0.15, -0.1) is 0 Å². The molecule has 3 nitrogen and oxygen atoms in total. The predicted molar refractivity (Wildman–Crippen MR) is 83.9 cm³/mol. The third-order valence-electron chi connectivity index (χ3n) is 3.66. The minimum atomic E-state index is -0.362. The third kappa shape index (κ3) is 2.26. The molecule has 21 heavy (non-hydrogen) atoms. The van der Waals surface area contributed by atoms with Crippen LogP contribution in [0.25, 0.3) is 21.5 Å². The highest BCUT2D eigenvalue weighted by atomic mass is 16.7. The molecular formula is C18H16O3. The Kier molecular flexibility index (Phi) is 3.59. The fraction of sp³-hybridized carbons (Fsp3) is 0.167. The molecule has 0 saturated carbocycles. The zero-order valence-electron chi connectivity index (χ0n) is 12.0. The van der Waals surface area contributed by atoms with Gasteiger partial charge in [0, 0.05) is 23.4 Å². The monoisotopic (exact) mass is 280 g/mol. The molecule has 3 aromatic rings. The summed E-state index contributed by atoms with van der Waals surface area (Å²) in [6, 6.07) is 15.5. The van der Waals surface area contributed by atoms with Crippen molar-refractivity contribution >= 4 is 27.8 Å². The van der Waals surface area contributed by atoms with Crippen LogP contribution in [-0.4, -0.2) is 19.7 Å². The van der Waals surface area contributed by atoms with Crippen molar-refractivity contribution in [3.63, 3.8) is 0 Å². The number of benzene rings is 3. The summed E-state index contributed by atoms with van der Waals surface area (Å²) in [4.78, 5) is 11.6. The van der Waals surface area contributed by atoms with Crippen LogP contribution in [0.2, 0.25) is 0 Å². The molecule has 0 aromatic heterocycles. The normalized spacial score (nSPS) is 12.5. The first-order chi connectivity index (χ1) is 10.3. The van der Waals surface area contributed by atoms with Crippen molar-refractivity contribution in [1.29, 1.82) is 0 Å². The molecule has 0 fully saturated rings. The van der Waals surface area contributed by atoms with E-state index < -0.39 is 0 Å². The van der Waals surface area contributed by atoms with Crippen LogP contribution in [0.15, 0.2) is 48.5 Å². The van der Waals surface area contributed by atoms with Crippen molar-refractivity contribution in [3.05, 3.63) is 54.1 Å². The van der Waals surface area contributed by atoms with E-state index in [9.17, 15) is 4.79 Å². The summed E-state index contributed by atoms with van der Waals surface area (Å²) in [6.45, 7) is 1.84. The van der Waals surface area contributed by atoms with Crippen molar-refractivity contribution in [1.82, 2.24) is 0 Å².